The lowest BCUT2D eigenvalue weighted by molar-refractivity contribution is -0.155. The summed E-state index contributed by atoms with van der Waals surface area (Å²) < 4.78 is 24.6. The number of aromatic nitrogens is 2. The Bertz CT molecular complexity index is 1400. The zero-order valence-electron chi connectivity index (χ0n) is 22.7. The summed E-state index contributed by atoms with van der Waals surface area (Å²) in [5.74, 6) is -2.01. The number of ether oxygens (including phenoxy) is 2. The van der Waals surface area contributed by atoms with Crippen LogP contribution in [-0.4, -0.2) is 59.3 Å². The fourth-order valence-electron chi connectivity index (χ4n) is 3.78. The van der Waals surface area contributed by atoms with Crippen molar-refractivity contribution in [2.45, 2.75) is 72.0 Å². The van der Waals surface area contributed by atoms with Crippen LogP contribution in [0, 0.1) is 6.92 Å². The van der Waals surface area contributed by atoms with Crippen molar-refractivity contribution in [2.24, 2.45) is 0 Å². The minimum absolute atomic E-state index is 0.212. The number of fused-ring (bicyclic) bond motifs is 1. The molecule has 0 unspecified atom stereocenters. The summed E-state index contributed by atoms with van der Waals surface area (Å²) in [6, 6.07) is 7.41. The number of rotatable bonds is 11. The number of esters is 2. The van der Waals surface area contributed by atoms with Gasteiger partial charge in [0.1, 0.15) is 11.9 Å². The van der Waals surface area contributed by atoms with Gasteiger partial charge in [0.15, 0.2) is 6.17 Å². The molecule has 0 aliphatic carbocycles. The van der Waals surface area contributed by atoms with Crippen molar-refractivity contribution in [1.82, 2.24) is 15.3 Å². The summed E-state index contributed by atoms with van der Waals surface area (Å²) in [7, 11) is 1.84. The van der Waals surface area contributed by atoms with Gasteiger partial charge >= 0.3 is 11.9 Å². The average molecular weight is 561 g/mol. The third-order valence-electron chi connectivity index (χ3n) is 5.49. The maximum absolute atomic E-state index is 14.6. The van der Waals surface area contributed by atoms with Crippen molar-refractivity contribution < 1.29 is 28.2 Å². The highest BCUT2D eigenvalue weighted by Crippen LogP contribution is 2.27. The zero-order chi connectivity index (χ0) is 28.9. The van der Waals surface area contributed by atoms with Gasteiger partial charge in [-0.25, -0.2) is 19.0 Å². The van der Waals surface area contributed by atoms with Crippen LogP contribution in [0.25, 0.3) is 10.9 Å². The number of aryl methyl sites for hydroxylation is 1. The molecule has 2 N–H and O–H groups in total. The van der Waals surface area contributed by atoms with Gasteiger partial charge in [0.05, 0.1) is 33.0 Å². The number of carbonyl (C=O) groups excluding carboxylic acids is 3. The van der Waals surface area contributed by atoms with E-state index < -0.39 is 48.7 Å². The molecular weight excluding hydrogens is 527 g/mol. The monoisotopic (exact) mass is 560 g/mol. The largest absolute Gasteiger partial charge is 0.461 e. The number of amides is 1. The number of thiophene rings is 1. The molecule has 2 atom stereocenters. The minimum Gasteiger partial charge on any atom is -0.461 e. The number of benzene rings is 1. The summed E-state index contributed by atoms with van der Waals surface area (Å²) in [6.07, 6.45) is -3.75. The fourth-order valence-corrected chi connectivity index (χ4v) is 4.64. The Hall–Kier alpha value is -3.80. The van der Waals surface area contributed by atoms with Gasteiger partial charge in [0.25, 0.3) is 11.5 Å². The Morgan fingerprint density at radius 3 is 2.41 bits per heavy atom. The number of alkyl halides is 1. The number of nitrogens with zero attached hydrogens (tertiary/aromatic N) is 2. The van der Waals surface area contributed by atoms with E-state index >= 15 is 0 Å². The second-order valence-electron chi connectivity index (χ2n) is 9.70. The lowest BCUT2D eigenvalue weighted by atomic mass is 10.1. The van der Waals surface area contributed by atoms with Gasteiger partial charge in [-0.05, 0) is 64.4 Å². The van der Waals surface area contributed by atoms with Gasteiger partial charge in [0.2, 0.25) is 0 Å². The van der Waals surface area contributed by atoms with Crippen molar-refractivity contribution in [3.05, 3.63) is 57.0 Å². The number of hydrogen-bond acceptors (Lipinski definition) is 9. The Kier molecular flexibility index (Phi) is 9.79. The van der Waals surface area contributed by atoms with Gasteiger partial charge in [-0.1, -0.05) is 6.07 Å². The number of halogens is 1. The van der Waals surface area contributed by atoms with Crippen LogP contribution in [0.15, 0.2) is 35.1 Å². The maximum Gasteiger partial charge on any atom is 0.341 e. The van der Waals surface area contributed by atoms with E-state index in [9.17, 15) is 23.6 Å². The first-order valence-electron chi connectivity index (χ1n) is 12.5. The summed E-state index contributed by atoms with van der Waals surface area (Å²) in [5.41, 5.74) is 1.27. The molecule has 0 aliphatic heterocycles. The first kappa shape index (κ1) is 29.8. The molecule has 0 saturated heterocycles. The third kappa shape index (κ3) is 8.09. The third-order valence-corrected chi connectivity index (χ3v) is 6.69. The van der Waals surface area contributed by atoms with Gasteiger partial charge in [-0.3, -0.25) is 9.59 Å². The van der Waals surface area contributed by atoms with Crippen LogP contribution in [0.5, 0.6) is 0 Å². The standard InChI is InChI=1S/C27H33FN4O6S/c1-14(2)37-26(35)19(28)12-21(27(36)38-15(3)4)31-25(34)22-9-10-23(39-22)32(6)13-17-7-8-20-18(11-17)24(33)30-16(5)29-20/h7-11,14-15,19,21H,12-13H2,1-6H3,(H,31,34)(H,29,30,33)/t19-,21+/m1/s1. The van der Waals surface area contributed by atoms with Crippen LogP contribution < -0.4 is 15.8 Å². The predicted molar refractivity (Wildman–Crippen MR) is 147 cm³/mol. The molecule has 0 radical (unpaired) electrons. The quantitative estimate of drug-likeness (QED) is 0.340. The molecule has 2 aromatic heterocycles. The van der Waals surface area contributed by atoms with Crippen molar-refractivity contribution in [3.63, 3.8) is 0 Å². The number of nitrogens with one attached hydrogen (secondary N) is 2. The van der Waals surface area contributed by atoms with Crippen LogP contribution >= 0.6 is 11.3 Å². The van der Waals surface area contributed by atoms with Crippen molar-refractivity contribution >= 4 is 45.1 Å². The van der Waals surface area contributed by atoms with E-state index in [2.05, 4.69) is 15.3 Å². The van der Waals surface area contributed by atoms with E-state index in [-0.39, 0.29) is 10.4 Å². The zero-order valence-corrected chi connectivity index (χ0v) is 23.6. The molecule has 0 saturated carbocycles. The molecule has 12 heteroatoms. The molecule has 39 heavy (non-hydrogen) atoms. The topological polar surface area (TPSA) is 131 Å². The highest BCUT2D eigenvalue weighted by atomic mass is 32.1. The smallest absolute Gasteiger partial charge is 0.341 e. The van der Waals surface area contributed by atoms with Crippen LogP contribution in [0.4, 0.5) is 9.39 Å². The number of carbonyl (C=O) groups is 3. The Labute approximate surface area is 229 Å². The first-order valence-corrected chi connectivity index (χ1v) is 13.3. The second-order valence-corrected chi connectivity index (χ2v) is 10.8. The highest BCUT2D eigenvalue weighted by Gasteiger charge is 2.32. The summed E-state index contributed by atoms with van der Waals surface area (Å²) in [6.45, 7) is 8.59. The SMILES string of the molecule is Cc1nc2ccc(CN(C)c3ccc(C(=O)N[C@@H](C[C@@H](F)C(=O)OC(C)C)C(=O)OC(C)C)s3)cc2c(=O)[nH]1. The van der Waals surface area contributed by atoms with E-state index in [0.29, 0.717) is 23.3 Å². The van der Waals surface area contributed by atoms with E-state index in [0.717, 1.165) is 10.6 Å². The van der Waals surface area contributed by atoms with Crippen LogP contribution in [-0.2, 0) is 25.6 Å². The molecule has 10 nitrogen and oxygen atoms in total. The van der Waals surface area contributed by atoms with E-state index in [4.69, 9.17) is 9.47 Å². The van der Waals surface area contributed by atoms with Crippen LogP contribution in [0.2, 0.25) is 0 Å². The predicted octanol–water partition coefficient (Wildman–Crippen LogP) is 3.66. The molecular formula is C27H33FN4O6S. The normalized spacial score (nSPS) is 12.8. The average Bonchev–Trinajstić information content (AvgIpc) is 3.34. The molecule has 3 aromatic rings. The van der Waals surface area contributed by atoms with Crippen molar-refractivity contribution in [3.8, 4) is 0 Å². The first-order chi connectivity index (χ1) is 18.3. The molecule has 0 spiro atoms. The summed E-state index contributed by atoms with van der Waals surface area (Å²) in [5, 5.41) is 3.73. The Morgan fingerprint density at radius 2 is 1.74 bits per heavy atom. The number of H-pyrrole nitrogens is 1. The van der Waals surface area contributed by atoms with Crippen LogP contribution in [0.3, 0.4) is 0 Å². The second kappa shape index (κ2) is 12.8. The van der Waals surface area contributed by atoms with E-state index in [1.165, 1.54) is 11.3 Å². The minimum atomic E-state index is -2.12. The van der Waals surface area contributed by atoms with Gasteiger partial charge in [-0.15, -0.1) is 11.3 Å². The van der Waals surface area contributed by atoms with Crippen LogP contribution in [0.1, 0.15) is 55.2 Å². The molecule has 2 heterocycles. The van der Waals surface area contributed by atoms with Crippen molar-refractivity contribution in [1.29, 1.82) is 0 Å². The van der Waals surface area contributed by atoms with E-state index in [1.807, 2.05) is 18.0 Å². The Balaban J connectivity index is 1.71. The molecule has 210 valence electrons. The lowest BCUT2D eigenvalue weighted by Gasteiger charge is -2.20. The van der Waals surface area contributed by atoms with Gasteiger partial charge in [0, 0.05) is 20.0 Å². The molecule has 1 amide bonds. The van der Waals surface area contributed by atoms with E-state index in [1.54, 1.807) is 58.9 Å². The van der Waals surface area contributed by atoms with Gasteiger partial charge < -0.3 is 24.7 Å². The number of hydrogen-bond donors (Lipinski definition) is 2. The fraction of sp³-hybridized carbons (Fsp3) is 0.444. The summed E-state index contributed by atoms with van der Waals surface area (Å²) >= 11 is 1.17. The number of aromatic amines is 1. The molecule has 3 rings (SSSR count). The highest BCUT2D eigenvalue weighted by molar-refractivity contribution is 7.18. The molecule has 1 aromatic carbocycles. The lowest BCUT2D eigenvalue weighted by Crippen LogP contribution is -2.45. The molecule has 0 aliphatic rings. The number of anilines is 1. The van der Waals surface area contributed by atoms with Gasteiger partial charge in [-0.2, -0.15) is 0 Å². The summed E-state index contributed by atoms with van der Waals surface area (Å²) in [4.78, 5) is 59.0. The molecule has 0 fully saturated rings. The van der Waals surface area contributed by atoms with Crippen molar-refractivity contribution in [2.75, 3.05) is 11.9 Å². The Morgan fingerprint density at radius 1 is 1.08 bits per heavy atom. The maximum atomic E-state index is 14.6. The molecule has 0 bridgehead atoms.